The molecular weight excluding hydrogens is 333 g/mol. The fraction of sp³-hybridized carbons (Fsp3) is 0.900. The number of thiol groups is 2. The number of carbonyl (C=O) groups excluding carboxylic acids is 1. The van der Waals surface area contributed by atoms with Gasteiger partial charge < -0.3 is 9.87 Å². The summed E-state index contributed by atoms with van der Waals surface area (Å²) in [5.41, 5.74) is 0. The van der Waals surface area contributed by atoms with E-state index in [9.17, 15) is 17.8 Å². The number of nitrogens with one attached hydrogen (secondary N) is 1. The van der Waals surface area contributed by atoms with Gasteiger partial charge in [-0.25, -0.2) is 8.42 Å². The van der Waals surface area contributed by atoms with Gasteiger partial charge in [0.25, 0.3) is 0 Å². The molecule has 9 heteroatoms. The maximum absolute atomic E-state index is 11.3. The largest absolute Gasteiger partial charge is 1.00 e. The van der Waals surface area contributed by atoms with E-state index in [2.05, 4.69) is 30.6 Å². The van der Waals surface area contributed by atoms with Crippen LogP contribution in [0.25, 0.3) is 0 Å². The van der Waals surface area contributed by atoms with Crippen LogP contribution in [0, 0.1) is 0 Å². The number of amides is 1. The van der Waals surface area contributed by atoms with Crippen LogP contribution in [-0.4, -0.2) is 42.2 Å². The Morgan fingerprint density at radius 3 is 2.42 bits per heavy atom. The van der Waals surface area contributed by atoms with Gasteiger partial charge in [-0.15, -0.1) is 0 Å². The van der Waals surface area contributed by atoms with Gasteiger partial charge >= 0.3 is 51.4 Å². The summed E-state index contributed by atoms with van der Waals surface area (Å²) in [6.45, 7) is -0.112. The molecule has 0 rings (SSSR count). The predicted molar refractivity (Wildman–Crippen MR) is 77.3 cm³/mol. The molecule has 0 bridgehead atoms. The van der Waals surface area contributed by atoms with E-state index >= 15 is 0 Å². The summed E-state index contributed by atoms with van der Waals surface area (Å²) in [6, 6.07) is 0. The zero-order valence-electron chi connectivity index (χ0n) is 11.2. The third kappa shape index (κ3) is 17.7. The minimum Gasteiger partial charge on any atom is -0.748 e. The Kier molecular flexibility index (Phi) is 16.2. The number of carbonyl (C=O) groups is 1. The Morgan fingerprint density at radius 2 is 1.89 bits per heavy atom. The Morgan fingerprint density at radius 1 is 1.26 bits per heavy atom. The van der Waals surface area contributed by atoms with Gasteiger partial charge in [0.1, 0.15) is 0 Å². The molecule has 0 saturated carbocycles. The topological polar surface area (TPSA) is 86.3 Å². The molecule has 0 aromatic rings. The van der Waals surface area contributed by atoms with E-state index in [1.807, 2.05) is 0 Å². The normalized spacial score (nSPS) is 12.6. The van der Waals surface area contributed by atoms with Crippen molar-refractivity contribution in [3.8, 4) is 0 Å². The molecule has 1 unspecified atom stereocenters. The van der Waals surface area contributed by atoms with Crippen molar-refractivity contribution in [1.82, 2.24) is 5.32 Å². The molecule has 0 saturated heterocycles. The Labute approximate surface area is 169 Å². The summed E-state index contributed by atoms with van der Waals surface area (Å²) in [4.78, 5) is 11.3. The summed E-state index contributed by atoms with van der Waals surface area (Å²) in [6.07, 6.45) is 3.86. The molecule has 0 fully saturated rings. The molecule has 1 atom stereocenters. The Bertz CT molecular complexity index is 338. The first kappa shape index (κ1) is 23.0. The van der Waals surface area contributed by atoms with Crippen LogP contribution >= 0.6 is 25.3 Å². The van der Waals surface area contributed by atoms with E-state index in [0.29, 0.717) is 11.7 Å². The van der Waals surface area contributed by atoms with Gasteiger partial charge in [-0.1, -0.05) is 6.42 Å². The molecular formula is C10H20KNO4S3. The SMILES string of the molecule is O=C(CCCCC(S)CCS)NCCS(=O)(=O)[O-].[K+]. The summed E-state index contributed by atoms with van der Waals surface area (Å²) in [7, 11) is -4.24. The fourth-order valence-electron chi connectivity index (χ4n) is 1.36. The van der Waals surface area contributed by atoms with Crippen LogP contribution in [0.5, 0.6) is 0 Å². The van der Waals surface area contributed by atoms with E-state index in [-0.39, 0.29) is 63.8 Å². The molecule has 0 aromatic heterocycles. The molecule has 5 nitrogen and oxygen atoms in total. The van der Waals surface area contributed by atoms with Crippen molar-refractivity contribution in [2.45, 2.75) is 37.4 Å². The molecule has 108 valence electrons. The van der Waals surface area contributed by atoms with Crippen LogP contribution in [0.2, 0.25) is 0 Å². The number of rotatable bonds is 10. The van der Waals surface area contributed by atoms with Gasteiger partial charge in [0.15, 0.2) is 0 Å². The van der Waals surface area contributed by atoms with Crippen LogP contribution in [0.4, 0.5) is 0 Å². The second-order valence-electron chi connectivity index (χ2n) is 4.02. The molecule has 1 amide bonds. The average molecular weight is 354 g/mol. The van der Waals surface area contributed by atoms with Crippen LogP contribution in [-0.2, 0) is 14.9 Å². The molecule has 1 N–H and O–H groups in total. The number of unbranched alkanes of at least 4 members (excludes halogenated alkanes) is 1. The third-order valence-electron chi connectivity index (χ3n) is 2.33. The first-order valence-corrected chi connectivity index (χ1v) is 8.57. The molecule has 0 aromatic carbocycles. The molecule has 0 aliphatic rings. The van der Waals surface area contributed by atoms with Gasteiger partial charge in [-0.05, 0) is 25.0 Å². The van der Waals surface area contributed by atoms with E-state index in [4.69, 9.17) is 0 Å². The molecule has 0 heterocycles. The van der Waals surface area contributed by atoms with Crippen molar-refractivity contribution in [2.75, 3.05) is 18.1 Å². The molecule has 0 aliphatic heterocycles. The number of hydrogen-bond donors (Lipinski definition) is 3. The zero-order valence-corrected chi connectivity index (χ0v) is 16.9. The molecule has 0 spiro atoms. The summed E-state index contributed by atoms with van der Waals surface area (Å²) < 4.78 is 30.9. The van der Waals surface area contributed by atoms with E-state index in [1.165, 1.54) is 0 Å². The maximum atomic E-state index is 11.3. The first-order valence-electron chi connectivity index (χ1n) is 5.84. The Balaban J connectivity index is 0. The molecule has 19 heavy (non-hydrogen) atoms. The quantitative estimate of drug-likeness (QED) is 0.181. The second kappa shape index (κ2) is 13.4. The van der Waals surface area contributed by atoms with Crippen molar-refractivity contribution in [2.24, 2.45) is 0 Å². The van der Waals surface area contributed by atoms with Crippen LogP contribution < -0.4 is 56.7 Å². The van der Waals surface area contributed by atoms with Crippen molar-refractivity contribution in [1.29, 1.82) is 0 Å². The standard InChI is InChI=1S/C10H21NO4S3.K/c12-10(11-6-8-18(13,14)15)4-2-1-3-9(17)5-7-16;/h9,16-17H,1-8H2,(H,11,12)(H,13,14,15);/q;+1/p-1. The van der Waals surface area contributed by atoms with Crippen LogP contribution in [0.1, 0.15) is 32.1 Å². The van der Waals surface area contributed by atoms with Gasteiger partial charge in [-0.3, -0.25) is 4.79 Å². The van der Waals surface area contributed by atoms with Gasteiger partial charge in [0, 0.05) is 18.2 Å². The predicted octanol–water partition coefficient (Wildman–Crippen LogP) is -2.17. The van der Waals surface area contributed by atoms with Crippen LogP contribution in [0.15, 0.2) is 0 Å². The van der Waals surface area contributed by atoms with Gasteiger partial charge in [0.2, 0.25) is 5.91 Å². The minimum atomic E-state index is -4.24. The molecule has 0 radical (unpaired) electrons. The average Bonchev–Trinajstić information content (AvgIpc) is 2.23. The fourth-order valence-corrected chi connectivity index (χ4v) is 2.54. The van der Waals surface area contributed by atoms with Crippen LogP contribution in [0.3, 0.4) is 0 Å². The zero-order chi connectivity index (χ0) is 14.0. The smallest absolute Gasteiger partial charge is 0.748 e. The first-order chi connectivity index (χ1) is 8.35. The van der Waals surface area contributed by atoms with Crippen molar-refractivity contribution >= 4 is 41.3 Å². The third-order valence-corrected chi connectivity index (χ3v) is 3.81. The summed E-state index contributed by atoms with van der Waals surface area (Å²) in [5, 5.41) is 2.72. The number of hydrogen-bond acceptors (Lipinski definition) is 6. The summed E-state index contributed by atoms with van der Waals surface area (Å²) in [5.74, 6) is 0.0288. The van der Waals surface area contributed by atoms with E-state index in [1.54, 1.807) is 0 Å². The van der Waals surface area contributed by atoms with Crippen molar-refractivity contribution < 1.29 is 69.1 Å². The van der Waals surface area contributed by atoms with E-state index < -0.39 is 15.9 Å². The van der Waals surface area contributed by atoms with Crippen molar-refractivity contribution in [3.63, 3.8) is 0 Å². The molecule has 0 aliphatic carbocycles. The maximum Gasteiger partial charge on any atom is 1.00 e. The van der Waals surface area contributed by atoms with Gasteiger partial charge in [-0.2, -0.15) is 25.3 Å². The minimum absolute atomic E-state index is 0. The second-order valence-corrected chi connectivity index (χ2v) is 6.72. The van der Waals surface area contributed by atoms with Crippen molar-refractivity contribution in [3.05, 3.63) is 0 Å². The van der Waals surface area contributed by atoms with Gasteiger partial charge in [0.05, 0.1) is 15.9 Å². The summed E-state index contributed by atoms with van der Waals surface area (Å²) >= 11 is 8.48. The monoisotopic (exact) mass is 353 g/mol. The van der Waals surface area contributed by atoms with E-state index in [0.717, 1.165) is 31.4 Å². The Hall–Kier alpha value is 1.72.